The molecule has 1 aromatic heterocycles. The zero-order valence-corrected chi connectivity index (χ0v) is 14.4. The first kappa shape index (κ1) is 17.0. The van der Waals surface area contributed by atoms with Crippen LogP contribution in [0.2, 0.25) is 5.02 Å². The molecule has 1 unspecified atom stereocenters. The molecule has 2 heterocycles. The number of ether oxygens (including phenoxy) is 1. The van der Waals surface area contributed by atoms with Crippen molar-refractivity contribution in [1.29, 1.82) is 0 Å². The summed E-state index contributed by atoms with van der Waals surface area (Å²) in [6.07, 6.45) is 1.60. The van der Waals surface area contributed by atoms with Crippen LogP contribution in [0.4, 0.5) is 5.69 Å². The summed E-state index contributed by atoms with van der Waals surface area (Å²) in [5.74, 6) is 0. The largest absolute Gasteiger partial charge is 0.381 e. The Morgan fingerprint density at radius 2 is 2.00 bits per heavy atom. The van der Waals surface area contributed by atoms with Gasteiger partial charge in [0, 0.05) is 25.7 Å². The van der Waals surface area contributed by atoms with E-state index >= 15 is 0 Å². The highest BCUT2D eigenvalue weighted by Gasteiger charge is 2.17. The first-order valence-corrected chi connectivity index (χ1v) is 8.43. The highest BCUT2D eigenvalue weighted by molar-refractivity contribution is 6.32. The number of anilines is 1. The topological polar surface area (TPSA) is 59.4 Å². The second kappa shape index (κ2) is 7.79. The van der Waals surface area contributed by atoms with Crippen LogP contribution in [-0.4, -0.2) is 53.6 Å². The van der Waals surface area contributed by atoms with Crippen LogP contribution in [0.15, 0.2) is 41.3 Å². The maximum Gasteiger partial charge on any atom is 0.292 e. The highest BCUT2D eigenvalue weighted by Crippen LogP contribution is 2.17. The number of halogens is 1. The van der Waals surface area contributed by atoms with Gasteiger partial charge in [-0.3, -0.25) is 9.69 Å². The van der Waals surface area contributed by atoms with E-state index in [1.54, 1.807) is 6.20 Å². The first-order chi connectivity index (χ1) is 11.7. The van der Waals surface area contributed by atoms with Crippen molar-refractivity contribution < 1.29 is 4.74 Å². The van der Waals surface area contributed by atoms with Crippen LogP contribution < -0.4 is 10.9 Å². The highest BCUT2D eigenvalue weighted by atomic mass is 35.5. The fraction of sp³-hybridized carbons (Fsp3) is 0.412. The predicted octanol–water partition coefficient (Wildman–Crippen LogP) is 2.02. The molecular formula is C17H21ClN4O2. The van der Waals surface area contributed by atoms with Crippen LogP contribution in [0.25, 0.3) is 5.69 Å². The molecule has 0 saturated carbocycles. The Kier molecular flexibility index (Phi) is 5.50. The van der Waals surface area contributed by atoms with Gasteiger partial charge in [0.1, 0.15) is 5.02 Å². The summed E-state index contributed by atoms with van der Waals surface area (Å²) in [7, 11) is 0. The summed E-state index contributed by atoms with van der Waals surface area (Å²) in [6, 6.07) is 9.55. The van der Waals surface area contributed by atoms with Crippen molar-refractivity contribution in [3.05, 3.63) is 51.9 Å². The van der Waals surface area contributed by atoms with Gasteiger partial charge in [0.05, 0.1) is 30.8 Å². The van der Waals surface area contributed by atoms with Crippen molar-refractivity contribution in [2.45, 2.75) is 13.0 Å². The Hall–Kier alpha value is -1.89. The van der Waals surface area contributed by atoms with Crippen LogP contribution in [0, 0.1) is 0 Å². The molecule has 1 N–H and O–H groups in total. The van der Waals surface area contributed by atoms with Crippen LogP contribution >= 0.6 is 11.6 Å². The summed E-state index contributed by atoms with van der Waals surface area (Å²) in [5, 5.41) is 7.62. The third-order valence-corrected chi connectivity index (χ3v) is 4.54. The standard InChI is InChI=1S/C17H21ClN4O2/c1-13(21-7-9-24-10-8-21)11-19-15-12-20-22(17(23)16(15)18)14-5-3-2-4-6-14/h2-6,12-13,19H,7-11H2,1H3. The molecule has 1 aliphatic heterocycles. The molecule has 0 spiro atoms. The van der Waals surface area contributed by atoms with Gasteiger partial charge >= 0.3 is 0 Å². The van der Waals surface area contributed by atoms with Crippen molar-refractivity contribution >= 4 is 17.3 Å². The molecule has 0 amide bonds. The molecular weight excluding hydrogens is 328 g/mol. The normalized spacial score (nSPS) is 16.8. The molecule has 2 aromatic rings. The van der Waals surface area contributed by atoms with Crippen molar-refractivity contribution in [3.8, 4) is 5.69 Å². The van der Waals surface area contributed by atoms with E-state index in [2.05, 4.69) is 22.2 Å². The minimum absolute atomic E-state index is 0.156. The molecule has 3 rings (SSSR count). The van der Waals surface area contributed by atoms with Gasteiger partial charge in [-0.2, -0.15) is 9.78 Å². The van der Waals surface area contributed by atoms with Gasteiger partial charge < -0.3 is 10.1 Å². The molecule has 1 atom stereocenters. The van der Waals surface area contributed by atoms with Crippen molar-refractivity contribution in [2.24, 2.45) is 0 Å². The first-order valence-electron chi connectivity index (χ1n) is 8.06. The molecule has 0 bridgehead atoms. The lowest BCUT2D eigenvalue weighted by molar-refractivity contribution is 0.0227. The zero-order chi connectivity index (χ0) is 16.9. The number of rotatable bonds is 5. The van der Waals surface area contributed by atoms with Gasteiger partial charge in [0.15, 0.2) is 0 Å². The number of hydrogen-bond acceptors (Lipinski definition) is 5. The van der Waals surface area contributed by atoms with E-state index in [0.29, 0.717) is 24.0 Å². The van der Waals surface area contributed by atoms with E-state index in [9.17, 15) is 4.79 Å². The van der Waals surface area contributed by atoms with Gasteiger partial charge in [0.2, 0.25) is 0 Å². The molecule has 128 valence electrons. The molecule has 1 fully saturated rings. The number of nitrogens with zero attached hydrogens (tertiary/aromatic N) is 3. The molecule has 7 heteroatoms. The van der Waals surface area contributed by atoms with Crippen LogP contribution in [-0.2, 0) is 4.74 Å². The second-order valence-corrected chi connectivity index (χ2v) is 6.18. The molecule has 0 aliphatic carbocycles. The van der Waals surface area contributed by atoms with Crippen molar-refractivity contribution in [3.63, 3.8) is 0 Å². The number of aromatic nitrogens is 2. The van der Waals surface area contributed by atoms with E-state index in [1.807, 2.05) is 30.3 Å². The minimum atomic E-state index is -0.327. The lowest BCUT2D eigenvalue weighted by Crippen LogP contribution is -2.45. The van der Waals surface area contributed by atoms with E-state index in [4.69, 9.17) is 16.3 Å². The maximum atomic E-state index is 12.4. The Morgan fingerprint density at radius 1 is 1.29 bits per heavy atom. The number of para-hydroxylation sites is 1. The summed E-state index contributed by atoms with van der Waals surface area (Å²) >= 11 is 6.25. The van der Waals surface area contributed by atoms with E-state index in [1.165, 1.54) is 4.68 Å². The quantitative estimate of drug-likeness (QED) is 0.895. The Bertz CT molecular complexity index is 729. The smallest absolute Gasteiger partial charge is 0.292 e. The lowest BCUT2D eigenvalue weighted by Gasteiger charge is -2.32. The number of nitrogens with one attached hydrogen (secondary N) is 1. The average Bonchev–Trinajstić information content (AvgIpc) is 2.64. The van der Waals surface area contributed by atoms with Crippen LogP contribution in [0.1, 0.15) is 6.92 Å². The molecule has 24 heavy (non-hydrogen) atoms. The summed E-state index contributed by atoms with van der Waals surface area (Å²) < 4.78 is 6.67. The van der Waals surface area contributed by atoms with Crippen LogP contribution in [0.5, 0.6) is 0 Å². The van der Waals surface area contributed by atoms with Crippen molar-refractivity contribution in [2.75, 3.05) is 38.2 Å². The number of benzene rings is 1. The SMILES string of the molecule is CC(CNc1cnn(-c2ccccc2)c(=O)c1Cl)N1CCOCC1. The fourth-order valence-corrected chi connectivity index (χ4v) is 2.91. The molecule has 0 radical (unpaired) electrons. The summed E-state index contributed by atoms with van der Waals surface area (Å²) in [5.41, 5.74) is 0.929. The maximum absolute atomic E-state index is 12.4. The molecule has 1 aliphatic rings. The minimum Gasteiger partial charge on any atom is -0.381 e. The Morgan fingerprint density at radius 3 is 2.71 bits per heavy atom. The molecule has 6 nitrogen and oxygen atoms in total. The Balaban J connectivity index is 1.71. The van der Waals surface area contributed by atoms with Gasteiger partial charge in [-0.1, -0.05) is 29.8 Å². The van der Waals surface area contributed by atoms with E-state index < -0.39 is 0 Å². The number of morpholine rings is 1. The molecule has 1 saturated heterocycles. The zero-order valence-electron chi connectivity index (χ0n) is 13.6. The lowest BCUT2D eigenvalue weighted by atomic mass is 10.2. The van der Waals surface area contributed by atoms with Gasteiger partial charge in [-0.05, 0) is 19.1 Å². The summed E-state index contributed by atoms with van der Waals surface area (Å²) in [4.78, 5) is 14.8. The summed E-state index contributed by atoms with van der Waals surface area (Å²) in [6.45, 7) is 6.20. The average molecular weight is 349 g/mol. The fourth-order valence-electron chi connectivity index (χ4n) is 2.71. The van der Waals surface area contributed by atoms with Gasteiger partial charge in [-0.15, -0.1) is 0 Å². The van der Waals surface area contributed by atoms with E-state index in [-0.39, 0.29) is 10.6 Å². The predicted molar refractivity (Wildman–Crippen MR) is 95.2 cm³/mol. The van der Waals surface area contributed by atoms with Gasteiger partial charge in [-0.25, -0.2) is 0 Å². The number of hydrogen-bond donors (Lipinski definition) is 1. The Labute approximate surface area is 146 Å². The van der Waals surface area contributed by atoms with Gasteiger partial charge in [0.25, 0.3) is 5.56 Å². The van der Waals surface area contributed by atoms with E-state index in [0.717, 1.165) is 26.3 Å². The third-order valence-electron chi connectivity index (χ3n) is 4.18. The van der Waals surface area contributed by atoms with Crippen LogP contribution in [0.3, 0.4) is 0 Å². The molecule has 1 aromatic carbocycles. The second-order valence-electron chi connectivity index (χ2n) is 5.80. The monoisotopic (exact) mass is 348 g/mol. The van der Waals surface area contributed by atoms with Crippen molar-refractivity contribution in [1.82, 2.24) is 14.7 Å². The third kappa shape index (κ3) is 3.77.